The van der Waals surface area contributed by atoms with E-state index in [0.717, 1.165) is 0 Å². The summed E-state index contributed by atoms with van der Waals surface area (Å²) in [4.78, 5) is 11.6. The minimum absolute atomic E-state index is 0.228. The summed E-state index contributed by atoms with van der Waals surface area (Å²) in [5.74, 6) is -0.880. The van der Waals surface area contributed by atoms with Gasteiger partial charge in [0, 0.05) is 11.4 Å². The highest BCUT2D eigenvalue weighted by Crippen LogP contribution is 2.18. The molecule has 0 bridgehead atoms. The highest BCUT2D eigenvalue weighted by molar-refractivity contribution is 5.88. The van der Waals surface area contributed by atoms with Crippen molar-refractivity contribution in [3.05, 3.63) is 53.6 Å². The Morgan fingerprint density at radius 1 is 1.28 bits per heavy atom. The molecule has 1 aromatic heterocycles. The molecule has 18 heavy (non-hydrogen) atoms. The van der Waals surface area contributed by atoms with E-state index in [4.69, 9.17) is 0 Å². The lowest BCUT2D eigenvalue weighted by atomic mass is 10.3. The predicted molar refractivity (Wildman–Crippen MR) is 63.0 cm³/mol. The number of benzene rings is 1. The first-order chi connectivity index (χ1) is 8.67. The van der Waals surface area contributed by atoms with Crippen molar-refractivity contribution in [1.29, 1.82) is 0 Å². The maximum Gasteiger partial charge on any atom is 0.355 e. The van der Waals surface area contributed by atoms with Gasteiger partial charge < -0.3 is 14.4 Å². The summed E-state index contributed by atoms with van der Waals surface area (Å²) in [5.41, 5.74) is 1.40. The molecule has 0 saturated heterocycles. The maximum absolute atomic E-state index is 12.9. The number of esters is 1. The average molecular weight is 249 g/mol. The van der Waals surface area contributed by atoms with Gasteiger partial charge >= 0.3 is 5.97 Å². The molecule has 5 heteroatoms. The number of aromatic nitrogens is 1. The van der Waals surface area contributed by atoms with E-state index in [2.05, 4.69) is 4.74 Å². The molecule has 0 aliphatic carbocycles. The molecular weight excluding hydrogens is 237 g/mol. The Kier molecular flexibility index (Phi) is 3.43. The highest BCUT2D eigenvalue weighted by Gasteiger charge is 2.16. The average Bonchev–Trinajstić information content (AvgIpc) is 2.82. The first-order valence-corrected chi connectivity index (χ1v) is 5.33. The van der Waals surface area contributed by atoms with Gasteiger partial charge in [0.2, 0.25) is 0 Å². The molecule has 0 unspecified atom stereocenters. The van der Waals surface area contributed by atoms with E-state index >= 15 is 0 Å². The molecule has 0 amide bonds. The first-order valence-electron chi connectivity index (χ1n) is 5.33. The fourth-order valence-corrected chi connectivity index (χ4v) is 1.76. The molecule has 0 aliphatic heterocycles. The predicted octanol–water partition coefficient (Wildman–Crippen LogP) is 1.90. The summed E-state index contributed by atoms with van der Waals surface area (Å²) in [5, 5.41) is 9.26. The van der Waals surface area contributed by atoms with E-state index in [1.165, 1.54) is 35.9 Å². The zero-order chi connectivity index (χ0) is 13.1. The van der Waals surface area contributed by atoms with Crippen LogP contribution in [0.15, 0.2) is 36.4 Å². The molecule has 0 atom stereocenters. The Bertz CT molecular complexity index is 560. The van der Waals surface area contributed by atoms with Gasteiger partial charge in [-0.05, 0) is 36.4 Å². The summed E-state index contributed by atoms with van der Waals surface area (Å²) in [6.45, 7) is -0.228. The SMILES string of the molecule is COC(=O)c1ccc(CO)n1-c1ccc(F)cc1. The number of halogens is 1. The third kappa shape index (κ3) is 2.12. The summed E-state index contributed by atoms with van der Waals surface area (Å²) >= 11 is 0. The number of aliphatic hydroxyl groups excluding tert-OH is 1. The van der Waals surface area contributed by atoms with Gasteiger partial charge in [-0.2, -0.15) is 0 Å². The van der Waals surface area contributed by atoms with Crippen molar-refractivity contribution >= 4 is 5.97 Å². The number of carbonyl (C=O) groups is 1. The molecule has 2 aromatic rings. The Morgan fingerprint density at radius 2 is 1.94 bits per heavy atom. The van der Waals surface area contributed by atoms with Crippen LogP contribution in [-0.2, 0) is 11.3 Å². The standard InChI is InChI=1S/C13H12FNO3/c1-18-13(17)12-7-6-11(8-16)15(12)10-4-2-9(14)3-5-10/h2-7,16H,8H2,1H3. The van der Waals surface area contributed by atoms with Crippen LogP contribution in [0.3, 0.4) is 0 Å². The van der Waals surface area contributed by atoms with Crippen molar-refractivity contribution < 1.29 is 19.0 Å². The van der Waals surface area contributed by atoms with E-state index < -0.39 is 5.97 Å². The van der Waals surface area contributed by atoms with E-state index in [1.807, 2.05) is 0 Å². The van der Waals surface area contributed by atoms with Crippen molar-refractivity contribution in [2.24, 2.45) is 0 Å². The molecule has 0 spiro atoms. The second-order valence-corrected chi connectivity index (χ2v) is 3.67. The lowest BCUT2D eigenvalue weighted by molar-refractivity contribution is 0.0591. The Hall–Kier alpha value is -2.14. The van der Waals surface area contributed by atoms with Gasteiger partial charge in [0.15, 0.2) is 0 Å². The topological polar surface area (TPSA) is 51.5 Å². The van der Waals surface area contributed by atoms with E-state index in [1.54, 1.807) is 12.1 Å². The van der Waals surface area contributed by atoms with Crippen LogP contribution in [0.2, 0.25) is 0 Å². The molecule has 94 valence electrons. The van der Waals surface area contributed by atoms with Gasteiger partial charge in [0.25, 0.3) is 0 Å². The Balaban J connectivity index is 2.56. The number of nitrogens with zero attached hydrogens (tertiary/aromatic N) is 1. The monoisotopic (exact) mass is 249 g/mol. The fraction of sp³-hybridized carbons (Fsp3) is 0.154. The normalized spacial score (nSPS) is 10.4. The molecule has 4 nitrogen and oxygen atoms in total. The number of rotatable bonds is 3. The van der Waals surface area contributed by atoms with Crippen LogP contribution in [-0.4, -0.2) is 22.8 Å². The molecule has 0 aliphatic rings. The lowest BCUT2D eigenvalue weighted by Crippen LogP contribution is -2.11. The van der Waals surface area contributed by atoms with Crippen LogP contribution in [0.4, 0.5) is 4.39 Å². The maximum atomic E-state index is 12.9. The van der Waals surface area contributed by atoms with Gasteiger partial charge in [0.1, 0.15) is 11.5 Å². The molecule has 0 radical (unpaired) electrons. The number of aliphatic hydroxyl groups is 1. The third-order valence-electron chi connectivity index (χ3n) is 2.60. The zero-order valence-corrected chi connectivity index (χ0v) is 9.76. The van der Waals surface area contributed by atoms with E-state index in [0.29, 0.717) is 11.4 Å². The van der Waals surface area contributed by atoms with Gasteiger partial charge in [0.05, 0.1) is 13.7 Å². The summed E-state index contributed by atoms with van der Waals surface area (Å²) in [6.07, 6.45) is 0. The van der Waals surface area contributed by atoms with Crippen LogP contribution < -0.4 is 0 Å². The number of hydrogen-bond donors (Lipinski definition) is 1. The molecule has 0 fully saturated rings. The first kappa shape index (κ1) is 12.3. The highest BCUT2D eigenvalue weighted by atomic mass is 19.1. The van der Waals surface area contributed by atoms with Crippen LogP contribution in [0.25, 0.3) is 5.69 Å². The quantitative estimate of drug-likeness (QED) is 0.845. The van der Waals surface area contributed by atoms with Gasteiger partial charge in [-0.1, -0.05) is 0 Å². The summed E-state index contributed by atoms with van der Waals surface area (Å²) in [6, 6.07) is 8.81. The van der Waals surface area contributed by atoms with E-state index in [-0.39, 0.29) is 18.1 Å². The second kappa shape index (κ2) is 5.01. The largest absolute Gasteiger partial charge is 0.464 e. The summed E-state index contributed by atoms with van der Waals surface area (Å²) in [7, 11) is 1.28. The molecule has 1 aromatic carbocycles. The number of hydrogen-bond acceptors (Lipinski definition) is 3. The Labute approximate surface area is 103 Å². The van der Waals surface area contributed by atoms with Crippen LogP contribution >= 0.6 is 0 Å². The number of methoxy groups -OCH3 is 1. The van der Waals surface area contributed by atoms with Crippen LogP contribution in [0.1, 0.15) is 16.2 Å². The van der Waals surface area contributed by atoms with Crippen LogP contribution in [0, 0.1) is 5.82 Å². The minimum Gasteiger partial charge on any atom is -0.464 e. The van der Waals surface area contributed by atoms with E-state index in [9.17, 15) is 14.3 Å². The van der Waals surface area contributed by atoms with Crippen molar-refractivity contribution in [2.75, 3.05) is 7.11 Å². The van der Waals surface area contributed by atoms with Crippen molar-refractivity contribution in [2.45, 2.75) is 6.61 Å². The third-order valence-corrected chi connectivity index (χ3v) is 2.60. The molecular formula is C13H12FNO3. The zero-order valence-electron chi connectivity index (χ0n) is 9.76. The molecule has 1 N–H and O–H groups in total. The Morgan fingerprint density at radius 3 is 2.50 bits per heavy atom. The lowest BCUT2D eigenvalue weighted by Gasteiger charge is -2.11. The smallest absolute Gasteiger partial charge is 0.355 e. The number of carbonyl (C=O) groups excluding carboxylic acids is 1. The second-order valence-electron chi connectivity index (χ2n) is 3.67. The van der Waals surface area contributed by atoms with Crippen molar-refractivity contribution in [1.82, 2.24) is 4.57 Å². The molecule has 2 rings (SSSR count). The van der Waals surface area contributed by atoms with Crippen LogP contribution in [0.5, 0.6) is 0 Å². The van der Waals surface area contributed by atoms with Crippen molar-refractivity contribution in [3.63, 3.8) is 0 Å². The van der Waals surface area contributed by atoms with Gasteiger partial charge in [-0.15, -0.1) is 0 Å². The van der Waals surface area contributed by atoms with Crippen molar-refractivity contribution in [3.8, 4) is 5.69 Å². The van der Waals surface area contributed by atoms with Gasteiger partial charge in [-0.3, -0.25) is 0 Å². The fourth-order valence-electron chi connectivity index (χ4n) is 1.76. The minimum atomic E-state index is -0.515. The number of ether oxygens (including phenoxy) is 1. The molecule has 0 saturated carbocycles. The summed E-state index contributed by atoms with van der Waals surface area (Å²) < 4.78 is 19.1. The molecule has 1 heterocycles. The van der Waals surface area contributed by atoms with Gasteiger partial charge in [-0.25, -0.2) is 9.18 Å².